The van der Waals surface area contributed by atoms with E-state index in [1.807, 2.05) is 0 Å². The van der Waals surface area contributed by atoms with Crippen LogP contribution in [0.15, 0.2) is 30.9 Å². The number of rotatable bonds is 5. The Hall–Kier alpha value is -2.99. The number of imidazole rings is 1. The predicted molar refractivity (Wildman–Crippen MR) is 108 cm³/mol. The molecule has 0 radical (unpaired) electrons. The highest BCUT2D eigenvalue weighted by Crippen LogP contribution is 2.43. The van der Waals surface area contributed by atoms with Crippen molar-refractivity contribution in [1.29, 1.82) is 0 Å². The number of nitrogens with one attached hydrogen (secondary N) is 2. The number of hydrogen-bond acceptors (Lipinski definition) is 7. The van der Waals surface area contributed by atoms with Crippen LogP contribution < -0.4 is 15.4 Å². The third-order valence-corrected chi connectivity index (χ3v) is 5.53. The Kier molecular flexibility index (Phi) is 5.67. The van der Waals surface area contributed by atoms with Crippen LogP contribution in [-0.4, -0.2) is 63.0 Å². The van der Waals surface area contributed by atoms with Crippen molar-refractivity contribution >= 4 is 11.5 Å². The average molecular weight is 454 g/mol. The fraction of sp³-hybridized carbons (Fsp3) is 0.450. The molecule has 0 spiro atoms. The zero-order chi connectivity index (χ0) is 23.1. The Morgan fingerprint density at radius 1 is 1.28 bits per heavy atom. The summed E-state index contributed by atoms with van der Waals surface area (Å²) in [5.41, 5.74) is -2.69. The third-order valence-electron chi connectivity index (χ3n) is 5.53. The highest BCUT2D eigenvalue weighted by molar-refractivity contribution is 5.63. The summed E-state index contributed by atoms with van der Waals surface area (Å²) in [7, 11) is 1.21. The van der Waals surface area contributed by atoms with E-state index in [4.69, 9.17) is 4.74 Å². The first-order valence-electron chi connectivity index (χ1n) is 9.90. The Morgan fingerprint density at radius 2 is 2.06 bits per heavy atom. The number of aliphatic hydroxyl groups is 1. The van der Waals surface area contributed by atoms with Gasteiger partial charge in [-0.1, -0.05) is 0 Å². The van der Waals surface area contributed by atoms with Crippen LogP contribution in [0.2, 0.25) is 0 Å². The van der Waals surface area contributed by atoms with Gasteiger partial charge in [-0.2, -0.15) is 13.2 Å². The monoisotopic (exact) mass is 454 g/mol. The molecule has 1 aliphatic heterocycles. The smallest absolute Gasteiger partial charge is 0.421 e. The maximum absolute atomic E-state index is 14.1. The summed E-state index contributed by atoms with van der Waals surface area (Å²) in [6, 6.07) is 0.823. The number of halogens is 4. The highest BCUT2D eigenvalue weighted by atomic mass is 19.4. The van der Waals surface area contributed by atoms with Crippen molar-refractivity contribution in [3.63, 3.8) is 0 Å². The standard InChI is InChI=1S/C20H22F4N6O2/c1-19(31,20(22,23)24)11-10-30-15(8-27-18(30)5-16(11)32-2)14-7-26-9-17(29-14)28-13-6-25-4-3-12(13)21/h5,7-10,12-13,25,31H,3-4,6H2,1-2H3,(H,28,29)/t12-,13-,19?/m0/s1. The number of piperidine rings is 1. The summed E-state index contributed by atoms with van der Waals surface area (Å²) in [5, 5.41) is 16.3. The maximum atomic E-state index is 14.1. The molecule has 1 aliphatic rings. The molecule has 4 rings (SSSR count). The second-order valence-corrected chi connectivity index (χ2v) is 7.75. The van der Waals surface area contributed by atoms with Crippen LogP contribution in [0.5, 0.6) is 5.75 Å². The van der Waals surface area contributed by atoms with E-state index >= 15 is 0 Å². The second-order valence-electron chi connectivity index (χ2n) is 7.75. The van der Waals surface area contributed by atoms with Crippen LogP contribution in [0, 0.1) is 0 Å². The highest BCUT2D eigenvalue weighted by Gasteiger charge is 2.53. The molecule has 3 N–H and O–H groups in total. The predicted octanol–water partition coefficient (Wildman–Crippen LogP) is 2.68. The molecule has 172 valence electrons. The molecule has 32 heavy (non-hydrogen) atoms. The molecule has 1 unspecified atom stereocenters. The van der Waals surface area contributed by atoms with E-state index in [2.05, 4.69) is 25.6 Å². The van der Waals surface area contributed by atoms with Crippen molar-refractivity contribution in [3.05, 3.63) is 36.4 Å². The van der Waals surface area contributed by atoms with Gasteiger partial charge in [-0.05, 0) is 19.9 Å². The number of nitrogens with zero attached hydrogens (tertiary/aromatic N) is 4. The molecule has 0 saturated carbocycles. The molecule has 3 aromatic heterocycles. The normalized spacial score (nSPS) is 21.3. The summed E-state index contributed by atoms with van der Waals surface area (Å²) in [6.07, 6.45) is -0.193. The Labute approximate surface area is 180 Å². The zero-order valence-corrected chi connectivity index (χ0v) is 17.3. The number of methoxy groups -OCH3 is 1. The van der Waals surface area contributed by atoms with E-state index in [9.17, 15) is 22.7 Å². The van der Waals surface area contributed by atoms with Gasteiger partial charge in [0.2, 0.25) is 0 Å². The summed E-state index contributed by atoms with van der Waals surface area (Å²) in [6.45, 7) is 1.68. The molecule has 12 heteroatoms. The summed E-state index contributed by atoms with van der Waals surface area (Å²) in [5.74, 6) is 0.169. The van der Waals surface area contributed by atoms with E-state index in [1.54, 1.807) is 0 Å². The third kappa shape index (κ3) is 3.95. The minimum absolute atomic E-state index is 0.155. The van der Waals surface area contributed by atoms with E-state index in [0.717, 1.165) is 6.20 Å². The van der Waals surface area contributed by atoms with E-state index < -0.39 is 29.6 Å². The second kappa shape index (κ2) is 8.17. The summed E-state index contributed by atoms with van der Waals surface area (Å²) >= 11 is 0. The minimum atomic E-state index is -4.94. The van der Waals surface area contributed by atoms with Crippen LogP contribution in [-0.2, 0) is 5.60 Å². The van der Waals surface area contributed by atoms with Gasteiger partial charge in [-0.15, -0.1) is 0 Å². The van der Waals surface area contributed by atoms with Crippen molar-refractivity contribution in [3.8, 4) is 17.1 Å². The SMILES string of the molecule is COc1cc2ncc(-c3cncc(N[C@H]4CNCC[C@@H]4F)n3)n2cc1C(C)(O)C(F)(F)F. The largest absolute Gasteiger partial charge is 0.496 e. The first-order chi connectivity index (χ1) is 15.1. The molecule has 1 fully saturated rings. The molecule has 0 aliphatic carbocycles. The molecule has 3 aromatic rings. The van der Waals surface area contributed by atoms with E-state index in [-0.39, 0.29) is 5.75 Å². The molecule has 8 nitrogen and oxygen atoms in total. The number of hydrogen-bond donors (Lipinski definition) is 3. The Balaban J connectivity index is 1.75. The fourth-order valence-corrected chi connectivity index (χ4v) is 3.60. The number of ether oxygens (including phenoxy) is 1. The van der Waals surface area contributed by atoms with E-state index in [0.29, 0.717) is 49.3 Å². The number of pyridine rings is 1. The minimum Gasteiger partial charge on any atom is -0.496 e. The van der Waals surface area contributed by atoms with Gasteiger partial charge in [0.25, 0.3) is 0 Å². The van der Waals surface area contributed by atoms with Crippen LogP contribution in [0.25, 0.3) is 17.0 Å². The first-order valence-corrected chi connectivity index (χ1v) is 9.90. The lowest BCUT2D eigenvalue weighted by Gasteiger charge is -2.28. The molecular formula is C20H22F4N6O2. The average Bonchev–Trinajstić information content (AvgIpc) is 3.17. The number of aromatic nitrogens is 4. The van der Waals surface area contributed by atoms with Crippen molar-refractivity contribution in [2.45, 2.75) is 37.3 Å². The van der Waals surface area contributed by atoms with Gasteiger partial charge in [0.15, 0.2) is 5.60 Å². The van der Waals surface area contributed by atoms with Crippen LogP contribution in [0.3, 0.4) is 0 Å². The number of fused-ring (bicyclic) bond motifs is 1. The van der Waals surface area contributed by atoms with Gasteiger partial charge in [0.05, 0.1) is 43.0 Å². The van der Waals surface area contributed by atoms with Crippen LogP contribution >= 0.6 is 0 Å². The van der Waals surface area contributed by atoms with Gasteiger partial charge < -0.3 is 20.5 Å². The summed E-state index contributed by atoms with van der Waals surface area (Å²) < 4.78 is 61.1. The lowest BCUT2D eigenvalue weighted by molar-refractivity contribution is -0.259. The molecule has 1 saturated heterocycles. The first kappa shape index (κ1) is 22.2. The Morgan fingerprint density at radius 3 is 2.75 bits per heavy atom. The zero-order valence-electron chi connectivity index (χ0n) is 17.3. The van der Waals surface area contributed by atoms with Crippen molar-refractivity contribution in [2.75, 3.05) is 25.5 Å². The van der Waals surface area contributed by atoms with Gasteiger partial charge in [-0.3, -0.25) is 9.38 Å². The van der Waals surface area contributed by atoms with Gasteiger partial charge in [0, 0.05) is 18.8 Å². The van der Waals surface area contributed by atoms with Gasteiger partial charge in [-0.25, -0.2) is 14.4 Å². The fourth-order valence-electron chi connectivity index (χ4n) is 3.60. The quantitative estimate of drug-likeness (QED) is 0.510. The van der Waals surface area contributed by atoms with Crippen molar-refractivity contribution in [2.24, 2.45) is 0 Å². The summed E-state index contributed by atoms with van der Waals surface area (Å²) in [4.78, 5) is 12.8. The van der Waals surface area contributed by atoms with Crippen LogP contribution in [0.4, 0.5) is 23.4 Å². The lowest BCUT2D eigenvalue weighted by atomic mass is 9.96. The van der Waals surface area contributed by atoms with Crippen molar-refractivity contribution in [1.82, 2.24) is 24.7 Å². The van der Waals surface area contributed by atoms with Gasteiger partial charge >= 0.3 is 6.18 Å². The molecule has 4 heterocycles. The lowest BCUT2D eigenvalue weighted by Crippen LogP contribution is -2.46. The molecule has 0 bridgehead atoms. The molecule has 0 aromatic carbocycles. The van der Waals surface area contributed by atoms with E-state index in [1.165, 1.54) is 36.2 Å². The molecule has 3 atom stereocenters. The number of alkyl halides is 4. The topological polar surface area (TPSA) is 96.6 Å². The molecular weight excluding hydrogens is 432 g/mol. The molecule has 0 amide bonds. The van der Waals surface area contributed by atoms with Gasteiger partial charge in [0.1, 0.15) is 29.1 Å². The van der Waals surface area contributed by atoms with Crippen LogP contribution in [0.1, 0.15) is 18.9 Å². The number of anilines is 1. The maximum Gasteiger partial charge on any atom is 0.421 e. The Bertz CT molecular complexity index is 1120. The van der Waals surface area contributed by atoms with Crippen molar-refractivity contribution < 1.29 is 27.4 Å².